The Labute approximate surface area is 162 Å². The first-order valence-corrected chi connectivity index (χ1v) is 11.0. The number of rotatable bonds is 4. The van der Waals surface area contributed by atoms with Crippen LogP contribution in [0.3, 0.4) is 0 Å². The lowest BCUT2D eigenvalue weighted by molar-refractivity contribution is -0.136. The molecular weight excluding hydrogens is 340 g/mol. The van der Waals surface area contributed by atoms with E-state index in [1.165, 1.54) is 38.5 Å². The SMILES string of the molecule is CN1CCC(Cc2noc(C3CCC(=O)N(C4CCCCCC4)C3)n2)CC1. The number of piperidine rings is 2. The molecule has 2 saturated heterocycles. The van der Waals surface area contributed by atoms with E-state index in [-0.39, 0.29) is 5.92 Å². The molecule has 3 fully saturated rings. The van der Waals surface area contributed by atoms with Crippen molar-refractivity contribution in [1.29, 1.82) is 0 Å². The van der Waals surface area contributed by atoms with E-state index in [1.54, 1.807) is 0 Å². The first-order valence-electron chi connectivity index (χ1n) is 11.0. The standard InChI is InChI=1S/C21H34N4O2/c1-24-12-10-16(11-13-24)14-19-22-21(27-23-19)17-8-9-20(26)25(15-17)18-6-4-2-3-5-7-18/h16-18H,2-15H2,1H3. The van der Waals surface area contributed by atoms with Gasteiger partial charge in [-0.3, -0.25) is 4.79 Å². The molecule has 6 heteroatoms. The third kappa shape index (κ3) is 4.71. The second-order valence-corrected chi connectivity index (χ2v) is 8.93. The molecule has 3 aliphatic rings. The maximum Gasteiger partial charge on any atom is 0.231 e. The van der Waals surface area contributed by atoms with E-state index >= 15 is 0 Å². The molecule has 27 heavy (non-hydrogen) atoms. The quantitative estimate of drug-likeness (QED) is 0.756. The van der Waals surface area contributed by atoms with Crippen molar-refractivity contribution >= 4 is 5.91 Å². The lowest BCUT2D eigenvalue weighted by atomic mass is 9.93. The van der Waals surface area contributed by atoms with Crippen molar-refractivity contribution in [2.45, 2.75) is 82.6 Å². The summed E-state index contributed by atoms with van der Waals surface area (Å²) in [6, 6.07) is 0.421. The van der Waals surface area contributed by atoms with Gasteiger partial charge >= 0.3 is 0 Å². The van der Waals surface area contributed by atoms with Crippen LogP contribution < -0.4 is 0 Å². The van der Waals surface area contributed by atoms with Crippen molar-refractivity contribution in [3.05, 3.63) is 11.7 Å². The number of nitrogens with zero attached hydrogens (tertiary/aromatic N) is 4. The normalized spacial score (nSPS) is 27.1. The highest BCUT2D eigenvalue weighted by atomic mass is 16.5. The van der Waals surface area contributed by atoms with Crippen LogP contribution in [0.25, 0.3) is 0 Å². The molecule has 1 unspecified atom stereocenters. The smallest absolute Gasteiger partial charge is 0.231 e. The van der Waals surface area contributed by atoms with E-state index < -0.39 is 0 Å². The molecule has 1 aliphatic carbocycles. The van der Waals surface area contributed by atoms with Crippen molar-refractivity contribution in [2.24, 2.45) is 5.92 Å². The summed E-state index contributed by atoms with van der Waals surface area (Å²) in [7, 11) is 2.19. The molecule has 0 spiro atoms. The van der Waals surface area contributed by atoms with Crippen molar-refractivity contribution in [1.82, 2.24) is 19.9 Å². The lowest BCUT2D eigenvalue weighted by Gasteiger charge is -2.37. The minimum Gasteiger partial charge on any atom is -0.339 e. The van der Waals surface area contributed by atoms with Crippen LogP contribution in [-0.2, 0) is 11.2 Å². The fraction of sp³-hybridized carbons (Fsp3) is 0.857. The van der Waals surface area contributed by atoms with Crippen LogP contribution in [0.5, 0.6) is 0 Å². The number of carbonyl (C=O) groups is 1. The zero-order valence-corrected chi connectivity index (χ0v) is 16.7. The largest absolute Gasteiger partial charge is 0.339 e. The summed E-state index contributed by atoms with van der Waals surface area (Å²) in [5.74, 6) is 2.82. The summed E-state index contributed by atoms with van der Waals surface area (Å²) in [5.41, 5.74) is 0. The van der Waals surface area contributed by atoms with E-state index in [9.17, 15) is 4.79 Å². The van der Waals surface area contributed by atoms with Crippen molar-refractivity contribution in [3.8, 4) is 0 Å². The monoisotopic (exact) mass is 374 g/mol. The van der Waals surface area contributed by atoms with Crippen LogP contribution in [0.4, 0.5) is 0 Å². The molecule has 1 aromatic rings. The first-order chi connectivity index (χ1) is 13.2. The van der Waals surface area contributed by atoms with Crippen LogP contribution in [0.2, 0.25) is 0 Å². The Morgan fingerprint density at radius 3 is 2.52 bits per heavy atom. The molecule has 0 N–H and O–H groups in total. The molecular formula is C21H34N4O2. The van der Waals surface area contributed by atoms with E-state index in [0.717, 1.165) is 57.0 Å². The molecule has 6 nitrogen and oxygen atoms in total. The molecule has 2 aliphatic heterocycles. The predicted octanol–water partition coefficient (Wildman–Crippen LogP) is 3.38. The number of amides is 1. The van der Waals surface area contributed by atoms with Gasteiger partial charge in [0.25, 0.3) is 0 Å². The van der Waals surface area contributed by atoms with Crippen LogP contribution in [-0.4, -0.2) is 58.6 Å². The molecule has 3 heterocycles. The van der Waals surface area contributed by atoms with Crippen molar-refractivity contribution in [3.63, 3.8) is 0 Å². The Hall–Kier alpha value is -1.43. The highest BCUT2D eigenvalue weighted by Crippen LogP contribution is 2.32. The number of likely N-dealkylation sites (tertiary alicyclic amines) is 2. The van der Waals surface area contributed by atoms with Gasteiger partial charge in [-0.15, -0.1) is 0 Å². The third-order valence-electron chi connectivity index (χ3n) is 6.85. The average Bonchev–Trinajstić information content (AvgIpc) is 2.97. The van der Waals surface area contributed by atoms with Gasteiger partial charge in [0.1, 0.15) is 0 Å². The van der Waals surface area contributed by atoms with Crippen LogP contribution in [0.1, 0.15) is 81.8 Å². The van der Waals surface area contributed by atoms with Crippen LogP contribution in [0.15, 0.2) is 4.52 Å². The van der Waals surface area contributed by atoms with Gasteiger partial charge in [0.15, 0.2) is 5.82 Å². The van der Waals surface area contributed by atoms with Gasteiger partial charge < -0.3 is 14.3 Å². The molecule has 1 aromatic heterocycles. The number of hydrogen-bond donors (Lipinski definition) is 0. The molecule has 1 atom stereocenters. The molecule has 0 radical (unpaired) electrons. The number of hydrogen-bond acceptors (Lipinski definition) is 5. The lowest BCUT2D eigenvalue weighted by Crippen LogP contribution is -2.45. The van der Waals surface area contributed by atoms with Gasteiger partial charge in [0, 0.05) is 25.4 Å². The summed E-state index contributed by atoms with van der Waals surface area (Å²) < 4.78 is 5.65. The van der Waals surface area contributed by atoms with Gasteiger partial charge in [-0.1, -0.05) is 30.8 Å². The zero-order chi connectivity index (χ0) is 18.6. The Kier molecular flexibility index (Phi) is 6.11. The van der Waals surface area contributed by atoms with Gasteiger partial charge in [-0.2, -0.15) is 4.98 Å². The number of carbonyl (C=O) groups excluding carboxylic acids is 1. The summed E-state index contributed by atoms with van der Waals surface area (Å²) in [5, 5.41) is 4.27. The maximum atomic E-state index is 12.5. The third-order valence-corrected chi connectivity index (χ3v) is 6.85. The van der Waals surface area contributed by atoms with Crippen LogP contribution >= 0.6 is 0 Å². The Balaban J connectivity index is 1.36. The van der Waals surface area contributed by atoms with Gasteiger partial charge in [-0.25, -0.2) is 0 Å². The Morgan fingerprint density at radius 2 is 1.78 bits per heavy atom. The second-order valence-electron chi connectivity index (χ2n) is 8.93. The second kappa shape index (κ2) is 8.72. The fourth-order valence-corrected chi connectivity index (χ4v) is 5.04. The summed E-state index contributed by atoms with van der Waals surface area (Å²) in [6.07, 6.45) is 12.3. The Morgan fingerprint density at radius 1 is 1.04 bits per heavy atom. The minimum absolute atomic E-state index is 0.213. The summed E-state index contributed by atoms with van der Waals surface area (Å²) >= 11 is 0. The molecule has 4 rings (SSSR count). The molecule has 1 saturated carbocycles. The molecule has 0 aromatic carbocycles. The topological polar surface area (TPSA) is 62.5 Å². The minimum atomic E-state index is 0.213. The number of aromatic nitrogens is 2. The molecule has 0 bridgehead atoms. The van der Waals surface area contributed by atoms with Gasteiger partial charge in [-0.05, 0) is 58.2 Å². The van der Waals surface area contributed by atoms with E-state index in [0.29, 0.717) is 24.3 Å². The van der Waals surface area contributed by atoms with E-state index in [1.807, 2.05) is 0 Å². The maximum absolute atomic E-state index is 12.5. The van der Waals surface area contributed by atoms with E-state index in [2.05, 4.69) is 22.0 Å². The summed E-state index contributed by atoms with van der Waals surface area (Å²) in [6.45, 7) is 3.09. The van der Waals surface area contributed by atoms with Crippen molar-refractivity contribution < 1.29 is 9.32 Å². The van der Waals surface area contributed by atoms with E-state index in [4.69, 9.17) is 9.51 Å². The first kappa shape index (κ1) is 18.9. The van der Waals surface area contributed by atoms with Crippen LogP contribution in [0, 0.1) is 5.92 Å². The van der Waals surface area contributed by atoms with Gasteiger partial charge in [0.2, 0.25) is 11.8 Å². The fourth-order valence-electron chi connectivity index (χ4n) is 5.04. The average molecular weight is 375 g/mol. The highest BCUT2D eigenvalue weighted by Gasteiger charge is 2.34. The van der Waals surface area contributed by atoms with Gasteiger partial charge in [0.05, 0.1) is 5.92 Å². The highest BCUT2D eigenvalue weighted by molar-refractivity contribution is 5.77. The molecule has 1 amide bonds. The van der Waals surface area contributed by atoms with Crippen molar-refractivity contribution in [2.75, 3.05) is 26.7 Å². The zero-order valence-electron chi connectivity index (χ0n) is 16.7. The molecule has 150 valence electrons. The Bertz CT molecular complexity index is 615. The predicted molar refractivity (Wildman–Crippen MR) is 103 cm³/mol. The summed E-state index contributed by atoms with van der Waals surface area (Å²) in [4.78, 5) is 21.8.